The van der Waals surface area contributed by atoms with Crippen molar-refractivity contribution in [3.05, 3.63) is 17.2 Å². The molecule has 1 rings (SSSR count). The summed E-state index contributed by atoms with van der Waals surface area (Å²) >= 11 is 11.3. The average molecular weight is 317 g/mol. The monoisotopic (exact) mass is 316 g/mol. The standard InChI is InChI=1S/C14H21ClN2O2S/c1-4-5-6-7-16-14(20)17-11-9-12(18-2)10(15)8-13(11)19-3/h8-9H,4-7H2,1-3H3,(H2,16,17,20). The largest absolute Gasteiger partial charge is 0.495 e. The molecule has 0 saturated carbocycles. The van der Waals surface area contributed by atoms with Crippen molar-refractivity contribution in [3.8, 4) is 11.5 Å². The Bertz CT molecular complexity index is 455. The van der Waals surface area contributed by atoms with E-state index in [4.69, 9.17) is 33.3 Å². The van der Waals surface area contributed by atoms with Crippen molar-refractivity contribution in [1.29, 1.82) is 0 Å². The van der Waals surface area contributed by atoms with E-state index in [1.807, 2.05) is 0 Å². The van der Waals surface area contributed by atoms with E-state index < -0.39 is 0 Å². The number of hydrogen-bond acceptors (Lipinski definition) is 3. The molecule has 20 heavy (non-hydrogen) atoms. The zero-order valence-corrected chi connectivity index (χ0v) is 13.7. The molecule has 6 heteroatoms. The van der Waals surface area contributed by atoms with Gasteiger partial charge in [-0.1, -0.05) is 31.4 Å². The number of methoxy groups -OCH3 is 2. The van der Waals surface area contributed by atoms with E-state index in [0.717, 1.165) is 18.7 Å². The number of hydrogen-bond donors (Lipinski definition) is 2. The van der Waals surface area contributed by atoms with Crippen molar-refractivity contribution in [2.45, 2.75) is 26.2 Å². The van der Waals surface area contributed by atoms with Crippen LogP contribution in [-0.2, 0) is 0 Å². The van der Waals surface area contributed by atoms with Gasteiger partial charge in [0.2, 0.25) is 0 Å². The molecule has 112 valence electrons. The fourth-order valence-electron chi connectivity index (χ4n) is 1.70. The predicted octanol–water partition coefficient (Wildman–Crippen LogP) is 3.83. The second kappa shape index (κ2) is 8.87. The summed E-state index contributed by atoms with van der Waals surface area (Å²) in [5.41, 5.74) is 0.724. The lowest BCUT2D eigenvalue weighted by molar-refractivity contribution is 0.405. The molecule has 1 aromatic carbocycles. The van der Waals surface area contributed by atoms with E-state index in [0.29, 0.717) is 21.6 Å². The number of rotatable bonds is 7. The molecule has 2 N–H and O–H groups in total. The second-order valence-corrected chi connectivity index (χ2v) is 5.09. The SMILES string of the molecule is CCCCCNC(=S)Nc1cc(OC)c(Cl)cc1OC. The summed E-state index contributed by atoms with van der Waals surface area (Å²) in [7, 11) is 3.15. The Hall–Kier alpha value is -1.20. The number of thiocarbonyl (C=S) groups is 1. The first kappa shape index (κ1) is 16.9. The van der Waals surface area contributed by atoms with Crippen LogP contribution in [0.2, 0.25) is 5.02 Å². The zero-order chi connectivity index (χ0) is 15.0. The van der Waals surface area contributed by atoms with Gasteiger partial charge in [0, 0.05) is 18.7 Å². The average Bonchev–Trinajstić information content (AvgIpc) is 2.45. The molecule has 4 nitrogen and oxygen atoms in total. The smallest absolute Gasteiger partial charge is 0.170 e. The number of halogens is 1. The Morgan fingerprint density at radius 3 is 2.50 bits per heavy atom. The first-order valence-corrected chi connectivity index (χ1v) is 7.37. The van der Waals surface area contributed by atoms with E-state index in [-0.39, 0.29) is 0 Å². The van der Waals surface area contributed by atoms with Crippen LogP contribution in [0.1, 0.15) is 26.2 Å². The summed E-state index contributed by atoms with van der Waals surface area (Å²) in [6.07, 6.45) is 3.47. The molecule has 0 aliphatic carbocycles. The summed E-state index contributed by atoms with van der Waals surface area (Å²) in [5.74, 6) is 1.19. The topological polar surface area (TPSA) is 42.5 Å². The van der Waals surface area contributed by atoms with Crippen LogP contribution >= 0.6 is 23.8 Å². The van der Waals surface area contributed by atoms with Crippen molar-refractivity contribution in [3.63, 3.8) is 0 Å². The van der Waals surface area contributed by atoms with Crippen LogP contribution in [0, 0.1) is 0 Å². The van der Waals surface area contributed by atoms with E-state index in [9.17, 15) is 0 Å². The van der Waals surface area contributed by atoms with Gasteiger partial charge in [0.05, 0.1) is 24.9 Å². The quantitative estimate of drug-likeness (QED) is 0.591. The number of benzene rings is 1. The number of anilines is 1. The van der Waals surface area contributed by atoms with Crippen LogP contribution in [0.3, 0.4) is 0 Å². The van der Waals surface area contributed by atoms with Gasteiger partial charge in [-0.15, -0.1) is 0 Å². The Morgan fingerprint density at radius 1 is 1.20 bits per heavy atom. The van der Waals surface area contributed by atoms with Crippen molar-refractivity contribution in [2.75, 3.05) is 26.1 Å². The maximum absolute atomic E-state index is 6.05. The van der Waals surface area contributed by atoms with Gasteiger partial charge in [-0.2, -0.15) is 0 Å². The van der Waals surface area contributed by atoms with Crippen LogP contribution in [0.4, 0.5) is 5.69 Å². The summed E-state index contributed by atoms with van der Waals surface area (Å²) in [6.45, 7) is 3.02. The molecule has 0 aliphatic rings. The zero-order valence-electron chi connectivity index (χ0n) is 12.1. The lowest BCUT2D eigenvalue weighted by atomic mass is 10.2. The van der Waals surface area contributed by atoms with Gasteiger partial charge in [-0.25, -0.2) is 0 Å². The maximum Gasteiger partial charge on any atom is 0.170 e. The molecule has 0 saturated heterocycles. The van der Waals surface area contributed by atoms with E-state index >= 15 is 0 Å². The highest BCUT2D eigenvalue weighted by atomic mass is 35.5. The van der Waals surface area contributed by atoms with Gasteiger partial charge in [-0.05, 0) is 18.6 Å². The molecule has 0 bridgehead atoms. The van der Waals surface area contributed by atoms with Crippen LogP contribution in [-0.4, -0.2) is 25.9 Å². The fourth-order valence-corrected chi connectivity index (χ4v) is 2.14. The van der Waals surface area contributed by atoms with Crippen molar-refractivity contribution in [1.82, 2.24) is 5.32 Å². The molecular formula is C14H21ClN2O2S. The third kappa shape index (κ3) is 5.06. The predicted molar refractivity (Wildman–Crippen MR) is 88.3 cm³/mol. The Morgan fingerprint density at radius 2 is 1.90 bits per heavy atom. The molecule has 0 aromatic heterocycles. The van der Waals surface area contributed by atoms with E-state index in [1.54, 1.807) is 26.4 Å². The minimum absolute atomic E-state index is 0.497. The molecule has 0 amide bonds. The first-order valence-electron chi connectivity index (χ1n) is 6.58. The summed E-state index contributed by atoms with van der Waals surface area (Å²) in [5, 5.41) is 7.31. The Kier molecular flexibility index (Phi) is 7.47. The molecule has 0 radical (unpaired) electrons. The second-order valence-electron chi connectivity index (χ2n) is 4.28. The molecule has 0 heterocycles. The summed E-state index contributed by atoms with van der Waals surface area (Å²) in [4.78, 5) is 0. The Labute approximate surface area is 130 Å². The fraction of sp³-hybridized carbons (Fsp3) is 0.500. The third-order valence-corrected chi connectivity index (χ3v) is 3.33. The van der Waals surface area contributed by atoms with Crippen LogP contribution in [0.25, 0.3) is 0 Å². The number of nitrogens with one attached hydrogen (secondary N) is 2. The summed E-state index contributed by atoms with van der Waals surface area (Å²) in [6, 6.07) is 3.46. The van der Waals surface area contributed by atoms with Gasteiger partial charge in [-0.3, -0.25) is 0 Å². The molecule has 0 fully saturated rings. The van der Waals surface area contributed by atoms with Gasteiger partial charge < -0.3 is 20.1 Å². The molecular weight excluding hydrogens is 296 g/mol. The maximum atomic E-state index is 6.05. The van der Waals surface area contributed by atoms with Crippen LogP contribution in [0.5, 0.6) is 11.5 Å². The van der Waals surface area contributed by atoms with E-state index in [2.05, 4.69) is 17.6 Å². The lowest BCUT2D eigenvalue weighted by Gasteiger charge is -2.15. The normalized spacial score (nSPS) is 10.0. The highest BCUT2D eigenvalue weighted by Gasteiger charge is 2.10. The van der Waals surface area contributed by atoms with Crippen molar-refractivity contribution < 1.29 is 9.47 Å². The van der Waals surface area contributed by atoms with Gasteiger partial charge in [0.15, 0.2) is 5.11 Å². The molecule has 1 aromatic rings. The minimum atomic E-state index is 0.497. The highest BCUT2D eigenvalue weighted by Crippen LogP contribution is 2.35. The van der Waals surface area contributed by atoms with Crippen LogP contribution < -0.4 is 20.1 Å². The minimum Gasteiger partial charge on any atom is -0.495 e. The summed E-state index contributed by atoms with van der Waals surface area (Å²) < 4.78 is 10.5. The number of unbranched alkanes of at least 4 members (excludes halogenated alkanes) is 2. The van der Waals surface area contributed by atoms with Gasteiger partial charge in [0.1, 0.15) is 11.5 Å². The van der Waals surface area contributed by atoms with Gasteiger partial charge >= 0.3 is 0 Å². The van der Waals surface area contributed by atoms with Gasteiger partial charge in [0.25, 0.3) is 0 Å². The van der Waals surface area contributed by atoms with Crippen molar-refractivity contribution in [2.24, 2.45) is 0 Å². The molecule has 0 aliphatic heterocycles. The lowest BCUT2D eigenvalue weighted by Crippen LogP contribution is -2.29. The Balaban J connectivity index is 2.68. The highest BCUT2D eigenvalue weighted by molar-refractivity contribution is 7.80. The van der Waals surface area contributed by atoms with Crippen molar-refractivity contribution >= 4 is 34.6 Å². The first-order chi connectivity index (χ1) is 9.62. The van der Waals surface area contributed by atoms with E-state index in [1.165, 1.54) is 12.8 Å². The van der Waals surface area contributed by atoms with Crippen LogP contribution in [0.15, 0.2) is 12.1 Å². The number of ether oxygens (including phenoxy) is 2. The molecule has 0 spiro atoms. The third-order valence-electron chi connectivity index (χ3n) is 2.79. The molecule has 0 atom stereocenters. The molecule has 0 unspecified atom stereocenters.